The molecule has 0 aliphatic carbocycles. The van der Waals surface area contributed by atoms with Gasteiger partial charge in [-0.05, 0) is 31.6 Å². The second kappa shape index (κ2) is 9.37. The van der Waals surface area contributed by atoms with Crippen LogP contribution in [0, 0.1) is 12.3 Å². The first-order valence-electron chi connectivity index (χ1n) is 11.7. The summed E-state index contributed by atoms with van der Waals surface area (Å²) in [6.45, 7) is 17.5. The van der Waals surface area contributed by atoms with Crippen molar-refractivity contribution >= 4 is 11.6 Å². The Morgan fingerprint density at radius 3 is 2.10 bits per heavy atom. The number of hydrogen-bond acceptors (Lipinski definition) is 7. The van der Waals surface area contributed by atoms with E-state index < -0.39 is 0 Å². The summed E-state index contributed by atoms with van der Waals surface area (Å²) >= 11 is 0. The standard InChI is InChI=1S/C23H39N5O2/c1-18-24-21(27-8-5-20(23(2,3)4)30-16-13-27)17-22(25-18)28-11-9-26(10-12-28)19-6-14-29-15-7-19/h17,19-20H,5-16H2,1-4H3. The van der Waals surface area contributed by atoms with E-state index >= 15 is 0 Å². The molecule has 3 fully saturated rings. The van der Waals surface area contributed by atoms with Crippen LogP contribution in [0.3, 0.4) is 0 Å². The second-order valence-corrected chi connectivity index (χ2v) is 10.00. The molecule has 30 heavy (non-hydrogen) atoms. The number of anilines is 2. The Hall–Kier alpha value is -1.44. The van der Waals surface area contributed by atoms with Gasteiger partial charge in [0.2, 0.25) is 0 Å². The normalized spacial score (nSPS) is 25.4. The highest BCUT2D eigenvalue weighted by atomic mass is 16.5. The van der Waals surface area contributed by atoms with Gasteiger partial charge in [-0.15, -0.1) is 0 Å². The molecule has 168 valence electrons. The van der Waals surface area contributed by atoms with Crippen LogP contribution in [0.15, 0.2) is 6.07 Å². The molecule has 0 spiro atoms. The van der Waals surface area contributed by atoms with Gasteiger partial charge in [0.25, 0.3) is 0 Å². The van der Waals surface area contributed by atoms with Crippen LogP contribution in [0.5, 0.6) is 0 Å². The number of piperazine rings is 1. The highest BCUT2D eigenvalue weighted by Gasteiger charge is 2.29. The molecule has 3 saturated heterocycles. The largest absolute Gasteiger partial charge is 0.381 e. The second-order valence-electron chi connectivity index (χ2n) is 10.00. The van der Waals surface area contributed by atoms with Gasteiger partial charge in [0.15, 0.2) is 0 Å². The first-order chi connectivity index (χ1) is 14.4. The zero-order chi connectivity index (χ0) is 21.1. The van der Waals surface area contributed by atoms with Crippen molar-refractivity contribution in [2.75, 3.05) is 68.9 Å². The van der Waals surface area contributed by atoms with Crippen molar-refractivity contribution in [3.05, 3.63) is 11.9 Å². The van der Waals surface area contributed by atoms with Gasteiger partial charge in [-0.3, -0.25) is 4.90 Å². The fraction of sp³-hybridized carbons (Fsp3) is 0.826. The number of aromatic nitrogens is 2. The zero-order valence-corrected chi connectivity index (χ0v) is 19.3. The molecule has 0 radical (unpaired) electrons. The van der Waals surface area contributed by atoms with Crippen LogP contribution in [0.25, 0.3) is 0 Å². The van der Waals surface area contributed by atoms with Crippen LogP contribution in [0.2, 0.25) is 0 Å². The smallest absolute Gasteiger partial charge is 0.134 e. The van der Waals surface area contributed by atoms with Crippen molar-refractivity contribution in [2.45, 2.75) is 59.1 Å². The Morgan fingerprint density at radius 1 is 0.833 bits per heavy atom. The minimum atomic E-state index is 0.174. The predicted molar refractivity (Wildman–Crippen MR) is 120 cm³/mol. The lowest BCUT2D eigenvalue weighted by Crippen LogP contribution is -2.52. The van der Waals surface area contributed by atoms with Crippen LogP contribution in [0.4, 0.5) is 11.6 Å². The molecule has 0 amide bonds. The van der Waals surface area contributed by atoms with Gasteiger partial charge >= 0.3 is 0 Å². The van der Waals surface area contributed by atoms with Crippen molar-refractivity contribution in [2.24, 2.45) is 5.41 Å². The van der Waals surface area contributed by atoms with E-state index in [4.69, 9.17) is 19.4 Å². The molecule has 1 atom stereocenters. The molecule has 0 aromatic carbocycles. The molecule has 7 heteroatoms. The number of ether oxygens (including phenoxy) is 2. The first-order valence-corrected chi connectivity index (χ1v) is 11.7. The molecule has 0 bridgehead atoms. The Kier molecular flexibility index (Phi) is 6.80. The fourth-order valence-electron chi connectivity index (χ4n) is 4.91. The Morgan fingerprint density at radius 2 is 1.47 bits per heavy atom. The lowest BCUT2D eigenvalue weighted by Gasteiger charge is -2.41. The quantitative estimate of drug-likeness (QED) is 0.749. The number of aryl methyl sites for hydroxylation is 1. The third-order valence-corrected chi connectivity index (χ3v) is 6.79. The van der Waals surface area contributed by atoms with E-state index in [1.54, 1.807) is 0 Å². The highest BCUT2D eigenvalue weighted by molar-refractivity contribution is 5.51. The Balaban J connectivity index is 1.40. The molecule has 7 nitrogen and oxygen atoms in total. The van der Waals surface area contributed by atoms with Crippen molar-refractivity contribution in [3.63, 3.8) is 0 Å². The molecule has 3 aliphatic rings. The molecule has 3 aliphatic heterocycles. The molecule has 1 aromatic rings. The van der Waals surface area contributed by atoms with Crippen molar-refractivity contribution in [1.29, 1.82) is 0 Å². The van der Waals surface area contributed by atoms with Gasteiger partial charge in [0, 0.05) is 64.6 Å². The summed E-state index contributed by atoms with van der Waals surface area (Å²) < 4.78 is 11.7. The molecule has 4 rings (SSSR count). The van der Waals surface area contributed by atoms with E-state index in [1.807, 2.05) is 6.92 Å². The van der Waals surface area contributed by atoms with E-state index in [0.29, 0.717) is 12.1 Å². The average molecular weight is 418 g/mol. The van der Waals surface area contributed by atoms with Crippen LogP contribution in [-0.4, -0.2) is 86.1 Å². The zero-order valence-electron chi connectivity index (χ0n) is 19.3. The third-order valence-electron chi connectivity index (χ3n) is 6.79. The fourth-order valence-corrected chi connectivity index (χ4v) is 4.91. The predicted octanol–water partition coefficient (Wildman–Crippen LogP) is 2.73. The minimum Gasteiger partial charge on any atom is -0.381 e. The van der Waals surface area contributed by atoms with Crippen molar-refractivity contribution in [3.8, 4) is 0 Å². The van der Waals surface area contributed by atoms with Gasteiger partial charge in [-0.2, -0.15) is 0 Å². The summed E-state index contributed by atoms with van der Waals surface area (Å²) in [6.07, 6.45) is 3.67. The topological polar surface area (TPSA) is 54.0 Å². The van der Waals surface area contributed by atoms with E-state index in [0.717, 1.165) is 83.0 Å². The van der Waals surface area contributed by atoms with Gasteiger partial charge in [-0.25, -0.2) is 9.97 Å². The summed E-state index contributed by atoms with van der Waals surface area (Å²) in [6, 6.07) is 2.88. The summed E-state index contributed by atoms with van der Waals surface area (Å²) in [4.78, 5) is 17.0. The average Bonchev–Trinajstić information content (AvgIpc) is 3.01. The highest BCUT2D eigenvalue weighted by Crippen LogP contribution is 2.29. The SMILES string of the molecule is Cc1nc(N2CCOC(C(C)(C)C)CC2)cc(N2CCN(C3CCOCC3)CC2)n1. The van der Waals surface area contributed by atoms with Crippen molar-refractivity contribution < 1.29 is 9.47 Å². The lowest BCUT2D eigenvalue weighted by molar-refractivity contribution is -0.00905. The van der Waals surface area contributed by atoms with Gasteiger partial charge in [0.1, 0.15) is 17.5 Å². The first kappa shape index (κ1) is 21.8. The third kappa shape index (κ3) is 5.24. The van der Waals surface area contributed by atoms with Crippen LogP contribution < -0.4 is 9.80 Å². The van der Waals surface area contributed by atoms with Crippen LogP contribution >= 0.6 is 0 Å². The molecular formula is C23H39N5O2. The lowest BCUT2D eigenvalue weighted by atomic mass is 9.87. The van der Waals surface area contributed by atoms with Crippen molar-refractivity contribution in [1.82, 2.24) is 14.9 Å². The van der Waals surface area contributed by atoms with E-state index in [1.165, 1.54) is 12.8 Å². The van der Waals surface area contributed by atoms with Crippen LogP contribution in [-0.2, 0) is 9.47 Å². The number of nitrogens with zero attached hydrogens (tertiary/aromatic N) is 5. The Bertz CT molecular complexity index is 693. The molecular weight excluding hydrogens is 378 g/mol. The minimum absolute atomic E-state index is 0.174. The summed E-state index contributed by atoms with van der Waals surface area (Å²) in [7, 11) is 0. The van der Waals surface area contributed by atoms with Gasteiger partial charge in [0.05, 0.1) is 12.7 Å². The van der Waals surface area contributed by atoms with E-state index in [-0.39, 0.29) is 5.41 Å². The summed E-state index contributed by atoms with van der Waals surface area (Å²) in [5, 5.41) is 0. The monoisotopic (exact) mass is 417 g/mol. The molecule has 0 N–H and O–H groups in total. The Labute approximate surface area is 181 Å². The van der Waals surface area contributed by atoms with Gasteiger partial charge in [-0.1, -0.05) is 20.8 Å². The van der Waals surface area contributed by atoms with E-state index in [9.17, 15) is 0 Å². The maximum absolute atomic E-state index is 6.16. The van der Waals surface area contributed by atoms with Crippen LogP contribution in [0.1, 0.15) is 45.9 Å². The number of hydrogen-bond donors (Lipinski definition) is 0. The van der Waals surface area contributed by atoms with Gasteiger partial charge < -0.3 is 19.3 Å². The molecule has 1 unspecified atom stereocenters. The molecule has 4 heterocycles. The number of rotatable bonds is 3. The maximum Gasteiger partial charge on any atom is 0.134 e. The summed E-state index contributed by atoms with van der Waals surface area (Å²) in [5.74, 6) is 2.97. The molecule has 0 saturated carbocycles. The maximum atomic E-state index is 6.16. The summed E-state index contributed by atoms with van der Waals surface area (Å²) in [5.41, 5.74) is 0.174. The van der Waals surface area contributed by atoms with E-state index in [2.05, 4.69) is 41.5 Å². The molecule has 1 aromatic heterocycles.